The van der Waals surface area contributed by atoms with E-state index in [2.05, 4.69) is 5.10 Å². The number of thiophene rings is 1. The molecule has 8 heteroatoms. The van der Waals surface area contributed by atoms with E-state index in [1.807, 2.05) is 25.1 Å². The molecule has 0 fully saturated rings. The van der Waals surface area contributed by atoms with E-state index < -0.39 is 11.9 Å². The summed E-state index contributed by atoms with van der Waals surface area (Å²) in [5.41, 5.74) is 7.96. The zero-order valence-corrected chi connectivity index (χ0v) is 17.0. The van der Waals surface area contributed by atoms with Gasteiger partial charge in [-0.15, -0.1) is 11.3 Å². The number of esters is 1. The van der Waals surface area contributed by atoms with E-state index in [1.165, 1.54) is 11.3 Å². The predicted molar refractivity (Wildman–Crippen MR) is 113 cm³/mol. The molecule has 6 nitrogen and oxygen atoms in total. The van der Waals surface area contributed by atoms with E-state index in [0.717, 1.165) is 27.2 Å². The van der Waals surface area contributed by atoms with Crippen LogP contribution in [-0.4, -0.2) is 21.7 Å². The van der Waals surface area contributed by atoms with Crippen LogP contribution in [0.1, 0.15) is 31.3 Å². The fraction of sp³-hybridized carbons (Fsp3) is 0.0952. The molecule has 29 heavy (non-hydrogen) atoms. The Labute approximate surface area is 175 Å². The molecular formula is C21H16ClN3O3S. The van der Waals surface area contributed by atoms with Gasteiger partial charge in [0, 0.05) is 10.9 Å². The van der Waals surface area contributed by atoms with Gasteiger partial charge in [-0.1, -0.05) is 35.9 Å². The molecule has 2 aromatic carbocycles. The Morgan fingerprint density at radius 1 is 1.17 bits per heavy atom. The van der Waals surface area contributed by atoms with Crippen LogP contribution in [0.25, 0.3) is 15.9 Å². The summed E-state index contributed by atoms with van der Waals surface area (Å²) in [4.78, 5) is 25.0. The van der Waals surface area contributed by atoms with Crippen molar-refractivity contribution in [1.82, 2.24) is 9.78 Å². The highest BCUT2D eigenvalue weighted by Gasteiger charge is 2.19. The van der Waals surface area contributed by atoms with Crippen LogP contribution in [0.4, 0.5) is 0 Å². The summed E-state index contributed by atoms with van der Waals surface area (Å²) < 4.78 is 7.17. The molecule has 146 valence electrons. The van der Waals surface area contributed by atoms with Crippen LogP contribution in [0.2, 0.25) is 5.02 Å². The summed E-state index contributed by atoms with van der Waals surface area (Å²) in [6.07, 6.45) is 0. The molecule has 4 aromatic rings. The van der Waals surface area contributed by atoms with Gasteiger partial charge in [0.1, 0.15) is 16.3 Å². The number of rotatable bonds is 5. The lowest BCUT2D eigenvalue weighted by molar-refractivity contribution is 0.0478. The van der Waals surface area contributed by atoms with Gasteiger partial charge in [0.25, 0.3) is 0 Å². The van der Waals surface area contributed by atoms with Crippen LogP contribution in [0, 0.1) is 6.92 Å². The van der Waals surface area contributed by atoms with Crippen molar-refractivity contribution in [3.63, 3.8) is 0 Å². The lowest BCUT2D eigenvalue weighted by Crippen LogP contribution is -2.10. The van der Waals surface area contributed by atoms with Crippen molar-refractivity contribution >= 4 is 45.0 Å². The molecule has 0 aliphatic heterocycles. The third-order valence-corrected chi connectivity index (χ3v) is 5.85. The summed E-state index contributed by atoms with van der Waals surface area (Å²) in [5, 5.41) is 6.01. The number of nitrogens with two attached hydrogens (primary N) is 1. The van der Waals surface area contributed by atoms with Crippen LogP contribution in [0.5, 0.6) is 0 Å². The lowest BCUT2D eigenvalue weighted by Gasteiger charge is -2.05. The maximum absolute atomic E-state index is 12.5. The van der Waals surface area contributed by atoms with Crippen molar-refractivity contribution in [3.05, 3.63) is 81.3 Å². The first-order chi connectivity index (χ1) is 13.9. The van der Waals surface area contributed by atoms with Gasteiger partial charge in [0.05, 0.1) is 16.4 Å². The first-order valence-electron chi connectivity index (χ1n) is 8.74. The number of hydrogen-bond acceptors (Lipinski definition) is 5. The van der Waals surface area contributed by atoms with Crippen LogP contribution < -0.4 is 5.73 Å². The molecule has 1 amide bonds. The first-order valence-corrected chi connectivity index (χ1v) is 9.93. The predicted octanol–water partition coefficient (Wildman–Crippen LogP) is 4.50. The number of halogens is 1. The molecular weight excluding hydrogens is 410 g/mol. The molecule has 0 aliphatic rings. The van der Waals surface area contributed by atoms with E-state index in [4.69, 9.17) is 22.1 Å². The zero-order chi connectivity index (χ0) is 20.5. The minimum absolute atomic E-state index is 0.0989. The third-order valence-electron chi connectivity index (χ3n) is 4.43. The second-order valence-corrected chi connectivity index (χ2v) is 7.85. The Kier molecular flexibility index (Phi) is 5.08. The molecule has 0 unspecified atom stereocenters. The summed E-state index contributed by atoms with van der Waals surface area (Å²) >= 11 is 7.61. The van der Waals surface area contributed by atoms with Crippen molar-refractivity contribution in [1.29, 1.82) is 0 Å². The number of para-hydroxylation sites is 1. The number of carbonyl (C=O) groups is 2. The Balaban J connectivity index is 1.56. The molecule has 4 rings (SSSR count). The summed E-state index contributed by atoms with van der Waals surface area (Å²) in [7, 11) is 0. The second kappa shape index (κ2) is 7.69. The maximum Gasteiger partial charge on any atom is 0.348 e. The largest absolute Gasteiger partial charge is 0.457 e. The number of ether oxygens (including phenoxy) is 1. The van der Waals surface area contributed by atoms with Gasteiger partial charge in [-0.3, -0.25) is 4.79 Å². The molecule has 0 spiro atoms. The van der Waals surface area contributed by atoms with E-state index in [9.17, 15) is 9.59 Å². The highest BCUT2D eigenvalue weighted by atomic mass is 35.5. The molecule has 2 heterocycles. The molecule has 2 aromatic heterocycles. The van der Waals surface area contributed by atoms with Crippen LogP contribution >= 0.6 is 22.9 Å². The Morgan fingerprint density at radius 2 is 1.90 bits per heavy atom. The van der Waals surface area contributed by atoms with Crippen molar-refractivity contribution < 1.29 is 14.3 Å². The summed E-state index contributed by atoms with van der Waals surface area (Å²) in [6.45, 7) is 1.99. The van der Waals surface area contributed by atoms with Gasteiger partial charge >= 0.3 is 5.97 Å². The number of nitrogens with zero attached hydrogens (tertiary/aromatic N) is 2. The lowest BCUT2D eigenvalue weighted by atomic mass is 10.1. The number of amides is 1. The number of benzene rings is 2. The molecule has 0 bridgehead atoms. The molecule has 0 radical (unpaired) electrons. The van der Waals surface area contributed by atoms with E-state index in [0.29, 0.717) is 15.5 Å². The Bertz CT molecular complexity index is 1230. The minimum Gasteiger partial charge on any atom is -0.457 e. The first kappa shape index (κ1) is 19.2. The third kappa shape index (κ3) is 3.74. The SMILES string of the molecule is Cc1nn(-c2ccccc2Cl)c2sc(C(=O)OCc3ccc(C(N)=O)cc3)cc12. The van der Waals surface area contributed by atoms with Crippen molar-refractivity contribution in [3.8, 4) is 5.69 Å². The average molecular weight is 426 g/mol. The second-order valence-electron chi connectivity index (χ2n) is 6.42. The zero-order valence-electron chi connectivity index (χ0n) is 15.4. The normalized spacial score (nSPS) is 11.0. The number of hydrogen-bond donors (Lipinski definition) is 1. The number of primary amides is 1. The van der Waals surface area contributed by atoms with E-state index >= 15 is 0 Å². The van der Waals surface area contributed by atoms with Gasteiger partial charge in [0.2, 0.25) is 5.91 Å². The summed E-state index contributed by atoms with van der Waals surface area (Å²) in [6, 6.07) is 15.8. The van der Waals surface area contributed by atoms with Crippen molar-refractivity contribution in [2.24, 2.45) is 5.73 Å². The molecule has 0 saturated heterocycles. The van der Waals surface area contributed by atoms with Gasteiger partial charge in [0.15, 0.2) is 0 Å². The Hall–Kier alpha value is -3.16. The van der Waals surface area contributed by atoms with Gasteiger partial charge in [-0.05, 0) is 42.8 Å². The molecule has 0 atom stereocenters. The number of aromatic nitrogens is 2. The van der Waals surface area contributed by atoms with Gasteiger partial charge < -0.3 is 10.5 Å². The molecule has 0 aliphatic carbocycles. The van der Waals surface area contributed by atoms with Crippen LogP contribution in [-0.2, 0) is 11.3 Å². The van der Waals surface area contributed by atoms with E-state index in [-0.39, 0.29) is 6.61 Å². The topological polar surface area (TPSA) is 87.2 Å². The average Bonchev–Trinajstić information content (AvgIpc) is 3.28. The van der Waals surface area contributed by atoms with E-state index in [1.54, 1.807) is 41.1 Å². The highest BCUT2D eigenvalue weighted by Crippen LogP contribution is 2.32. The standard InChI is InChI=1S/C21H16ClN3O3S/c1-12-15-10-18(21(27)28-11-13-6-8-14(9-7-13)19(23)26)29-20(15)25(24-12)17-5-3-2-4-16(17)22/h2-10H,11H2,1H3,(H2,23,26). The number of aryl methyl sites for hydroxylation is 1. The van der Waals surface area contributed by atoms with Gasteiger partial charge in [-0.2, -0.15) is 5.10 Å². The van der Waals surface area contributed by atoms with Crippen molar-refractivity contribution in [2.45, 2.75) is 13.5 Å². The monoisotopic (exact) mass is 425 g/mol. The highest BCUT2D eigenvalue weighted by molar-refractivity contribution is 7.20. The molecule has 2 N–H and O–H groups in total. The fourth-order valence-electron chi connectivity index (χ4n) is 2.92. The number of carbonyl (C=O) groups excluding carboxylic acids is 2. The quantitative estimate of drug-likeness (QED) is 0.477. The number of fused-ring (bicyclic) bond motifs is 1. The van der Waals surface area contributed by atoms with Gasteiger partial charge in [-0.25, -0.2) is 9.48 Å². The smallest absolute Gasteiger partial charge is 0.348 e. The summed E-state index contributed by atoms with van der Waals surface area (Å²) in [5.74, 6) is -0.919. The minimum atomic E-state index is -0.498. The van der Waals surface area contributed by atoms with Crippen LogP contribution in [0.15, 0.2) is 54.6 Å². The Morgan fingerprint density at radius 3 is 2.59 bits per heavy atom. The van der Waals surface area contributed by atoms with Crippen molar-refractivity contribution in [2.75, 3.05) is 0 Å². The molecule has 0 saturated carbocycles. The van der Waals surface area contributed by atoms with Crippen LogP contribution in [0.3, 0.4) is 0 Å². The maximum atomic E-state index is 12.5. The fourth-order valence-corrected chi connectivity index (χ4v) is 4.21.